The quantitative estimate of drug-likeness (QED) is 0.898. The molecule has 0 spiro atoms. The summed E-state index contributed by atoms with van der Waals surface area (Å²) in [5, 5.41) is 9.69. The summed E-state index contributed by atoms with van der Waals surface area (Å²) in [4.78, 5) is 0. The van der Waals surface area contributed by atoms with Crippen molar-refractivity contribution < 1.29 is 13.2 Å². The smallest absolute Gasteiger partial charge is 0.309 e. The van der Waals surface area contributed by atoms with Gasteiger partial charge in [0.15, 0.2) is 0 Å². The van der Waals surface area contributed by atoms with Crippen molar-refractivity contribution in [3.05, 3.63) is 17.5 Å². The minimum absolute atomic E-state index is 0. The topological polar surface area (TPSA) is 40.7 Å². The van der Waals surface area contributed by atoms with E-state index in [1.54, 1.807) is 6.20 Å². The van der Waals surface area contributed by atoms with Crippen molar-refractivity contribution in [1.29, 1.82) is 0 Å². The van der Waals surface area contributed by atoms with Crippen LogP contribution in [0.2, 0.25) is 0 Å². The number of aryl methyl sites for hydroxylation is 1. The molecular weight excluding hydrogens is 279 g/mol. The van der Waals surface area contributed by atoms with E-state index in [1.165, 1.54) is 0 Å². The van der Waals surface area contributed by atoms with Gasteiger partial charge in [-0.25, -0.2) is 0 Å². The molecule has 2 rings (SSSR count). The monoisotopic (exact) mass is 297 g/mol. The van der Waals surface area contributed by atoms with Crippen molar-refractivity contribution in [2.45, 2.75) is 51.4 Å². The fourth-order valence-electron chi connectivity index (χ4n) is 2.56. The van der Waals surface area contributed by atoms with Gasteiger partial charge in [0.1, 0.15) is 0 Å². The molecule has 1 heterocycles. The summed E-state index contributed by atoms with van der Waals surface area (Å²) in [7, 11) is 0. The van der Waals surface area contributed by atoms with Gasteiger partial charge in [0.25, 0.3) is 0 Å². The van der Waals surface area contributed by atoms with Crippen molar-refractivity contribution in [2.75, 3.05) is 0 Å². The van der Waals surface area contributed by atoms with Crippen LogP contribution in [0.3, 0.4) is 0 Å². The van der Waals surface area contributed by atoms with E-state index in [1.807, 2.05) is 6.92 Å². The standard InChI is InChI=1S/C12H18F3N3.ClH/c1-8-9(7-17-18-8)6-16-11-5-3-2-4-10(11)12(13,14)15;/h7,10-11,16H,2-6H2,1H3,(H,17,18);1H. The van der Waals surface area contributed by atoms with E-state index in [-0.39, 0.29) is 18.8 Å². The van der Waals surface area contributed by atoms with Gasteiger partial charge in [0, 0.05) is 23.8 Å². The molecule has 0 saturated heterocycles. The van der Waals surface area contributed by atoms with Gasteiger partial charge in [-0.1, -0.05) is 12.8 Å². The molecule has 0 aliphatic heterocycles. The predicted molar refractivity (Wildman–Crippen MR) is 69.2 cm³/mol. The Bertz CT molecular complexity index is 392. The number of hydrogen-bond acceptors (Lipinski definition) is 2. The minimum atomic E-state index is -4.09. The summed E-state index contributed by atoms with van der Waals surface area (Å²) < 4.78 is 38.6. The zero-order valence-corrected chi connectivity index (χ0v) is 11.6. The third kappa shape index (κ3) is 4.11. The van der Waals surface area contributed by atoms with Crippen LogP contribution in [0.4, 0.5) is 13.2 Å². The van der Waals surface area contributed by atoms with E-state index in [0.717, 1.165) is 17.7 Å². The first kappa shape index (κ1) is 16.3. The highest BCUT2D eigenvalue weighted by molar-refractivity contribution is 5.85. The van der Waals surface area contributed by atoms with Gasteiger partial charge in [0.05, 0.1) is 12.1 Å². The van der Waals surface area contributed by atoms with Gasteiger partial charge < -0.3 is 5.32 Å². The summed E-state index contributed by atoms with van der Waals surface area (Å²) in [6.45, 7) is 2.31. The van der Waals surface area contributed by atoms with Crippen LogP contribution in [-0.4, -0.2) is 22.4 Å². The largest absolute Gasteiger partial charge is 0.393 e. The van der Waals surface area contributed by atoms with E-state index in [9.17, 15) is 13.2 Å². The van der Waals surface area contributed by atoms with Gasteiger partial charge in [-0.3, -0.25) is 5.10 Å². The number of H-pyrrole nitrogens is 1. The van der Waals surface area contributed by atoms with Crippen LogP contribution >= 0.6 is 12.4 Å². The van der Waals surface area contributed by atoms with E-state index in [4.69, 9.17) is 0 Å². The molecule has 0 radical (unpaired) electrons. The molecule has 2 N–H and O–H groups in total. The van der Waals surface area contributed by atoms with Crippen LogP contribution in [0.25, 0.3) is 0 Å². The van der Waals surface area contributed by atoms with Crippen LogP contribution in [0, 0.1) is 12.8 Å². The molecule has 110 valence electrons. The van der Waals surface area contributed by atoms with Crippen molar-refractivity contribution in [1.82, 2.24) is 15.5 Å². The van der Waals surface area contributed by atoms with Crippen molar-refractivity contribution in [3.8, 4) is 0 Å². The highest BCUT2D eigenvalue weighted by Crippen LogP contribution is 2.37. The maximum absolute atomic E-state index is 12.9. The van der Waals surface area contributed by atoms with E-state index >= 15 is 0 Å². The number of alkyl halides is 3. The lowest BCUT2D eigenvalue weighted by Gasteiger charge is -2.33. The second-order valence-corrected chi connectivity index (χ2v) is 4.94. The number of aromatic amines is 1. The first-order valence-electron chi connectivity index (χ1n) is 6.27. The molecule has 0 amide bonds. The summed E-state index contributed by atoms with van der Waals surface area (Å²) >= 11 is 0. The molecule has 0 aromatic carbocycles. The fraction of sp³-hybridized carbons (Fsp3) is 0.750. The molecule has 1 fully saturated rings. The lowest BCUT2D eigenvalue weighted by molar-refractivity contribution is -0.189. The Morgan fingerprint density at radius 2 is 2.05 bits per heavy atom. The number of hydrogen-bond donors (Lipinski definition) is 2. The van der Waals surface area contributed by atoms with E-state index in [0.29, 0.717) is 19.4 Å². The maximum Gasteiger partial charge on any atom is 0.393 e. The Labute approximate surface area is 116 Å². The van der Waals surface area contributed by atoms with Crippen molar-refractivity contribution >= 4 is 12.4 Å². The average molecular weight is 298 g/mol. The van der Waals surface area contributed by atoms with Crippen LogP contribution in [0.5, 0.6) is 0 Å². The summed E-state index contributed by atoms with van der Waals surface area (Å²) in [5.74, 6) is -1.21. The Kier molecular flexibility index (Phi) is 5.67. The molecule has 1 aliphatic rings. The molecule has 7 heteroatoms. The van der Waals surface area contributed by atoms with E-state index < -0.39 is 18.1 Å². The first-order valence-corrected chi connectivity index (χ1v) is 6.27. The highest BCUT2D eigenvalue weighted by atomic mass is 35.5. The zero-order chi connectivity index (χ0) is 13.2. The van der Waals surface area contributed by atoms with Gasteiger partial charge in [0.2, 0.25) is 0 Å². The number of aromatic nitrogens is 2. The summed E-state index contributed by atoms with van der Waals surface area (Å²) in [6, 6.07) is -0.465. The lowest BCUT2D eigenvalue weighted by atomic mass is 9.84. The van der Waals surface area contributed by atoms with Crippen LogP contribution in [-0.2, 0) is 6.54 Å². The molecule has 19 heavy (non-hydrogen) atoms. The van der Waals surface area contributed by atoms with Gasteiger partial charge in [-0.2, -0.15) is 18.3 Å². The average Bonchev–Trinajstić information content (AvgIpc) is 2.71. The second-order valence-electron chi connectivity index (χ2n) is 4.94. The molecule has 1 aromatic heterocycles. The lowest BCUT2D eigenvalue weighted by Crippen LogP contribution is -2.45. The van der Waals surface area contributed by atoms with Crippen LogP contribution < -0.4 is 5.32 Å². The van der Waals surface area contributed by atoms with E-state index in [2.05, 4.69) is 15.5 Å². The molecule has 1 aliphatic carbocycles. The highest BCUT2D eigenvalue weighted by Gasteiger charge is 2.45. The van der Waals surface area contributed by atoms with Crippen LogP contribution in [0.15, 0.2) is 6.20 Å². The van der Waals surface area contributed by atoms with Crippen molar-refractivity contribution in [3.63, 3.8) is 0 Å². The van der Waals surface area contributed by atoms with Gasteiger partial charge >= 0.3 is 6.18 Å². The first-order chi connectivity index (χ1) is 8.48. The normalized spacial score (nSPS) is 24.0. The van der Waals surface area contributed by atoms with Gasteiger partial charge in [-0.05, 0) is 19.8 Å². The van der Waals surface area contributed by atoms with Gasteiger partial charge in [-0.15, -0.1) is 12.4 Å². The van der Waals surface area contributed by atoms with Crippen molar-refractivity contribution in [2.24, 2.45) is 5.92 Å². The number of nitrogens with one attached hydrogen (secondary N) is 2. The number of rotatable bonds is 3. The molecule has 1 saturated carbocycles. The molecule has 2 atom stereocenters. The fourth-order valence-corrected chi connectivity index (χ4v) is 2.56. The molecule has 0 bridgehead atoms. The Hall–Kier alpha value is -0.750. The zero-order valence-electron chi connectivity index (χ0n) is 10.8. The minimum Gasteiger partial charge on any atom is -0.309 e. The Morgan fingerprint density at radius 3 is 2.63 bits per heavy atom. The Morgan fingerprint density at radius 1 is 1.37 bits per heavy atom. The second kappa shape index (κ2) is 6.61. The summed E-state index contributed by atoms with van der Waals surface area (Å²) in [5.41, 5.74) is 1.84. The van der Waals surface area contributed by atoms with Crippen LogP contribution in [0.1, 0.15) is 36.9 Å². The SMILES string of the molecule is Cc1[nH]ncc1CNC1CCCCC1C(F)(F)F.Cl. The third-order valence-electron chi connectivity index (χ3n) is 3.68. The number of halogens is 4. The molecule has 2 unspecified atom stereocenters. The molecule has 1 aromatic rings. The third-order valence-corrected chi connectivity index (χ3v) is 3.68. The maximum atomic E-state index is 12.9. The Balaban J connectivity index is 0.00000180. The summed E-state index contributed by atoms with van der Waals surface area (Å²) in [6.07, 6.45) is -0.0500. The predicted octanol–water partition coefficient (Wildman–Crippen LogP) is 3.35. The molecule has 3 nitrogen and oxygen atoms in total. The number of nitrogens with zero attached hydrogens (tertiary/aromatic N) is 1. The molecular formula is C12H19ClF3N3.